The molecule has 9 heteroatoms. The van der Waals surface area contributed by atoms with Gasteiger partial charge in [-0.15, -0.1) is 0 Å². The lowest BCUT2D eigenvalue weighted by atomic mass is 9.96. The Balaban J connectivity index is 1.28. The average molecular weight is 478 g/mol. The number of anilines is 2. The fourth-order valence-corrected chi connectivity index (χ4v) is 4.94. The molecule has 0 bridgehead atoms. The molecule has 1 aliphatic carbocycles. The number of aryl methyl sites for hydroxylation is 1. The first-order valence-corrected chi connectivity index (χ1v) is 12.3. The summed E-state index contributed by atoms with van der Waals surface area (Å²) in [6, 6.07) is 9.32. The Labute approximate surface area is 204 Å². The number of nitrogens with zero attached hydrogens (tertiary/aromatic N) is 4. The van der Waals surface area contributed by atoms with Crippen LogP contribution in [0.15, 0.2) is 39.5 Å². The second-order valence-electron chi connectivity index (χ2n) is 9.28. The molecule has 1 saturated heterocycles. The molecule has 0 radical (unpaired) electrons. The summed E-state index contributed by atoms with van der Waals surface area (Å²) in [5.41, 5.74) is 0.643. The maximum absolute atomic E-state index is 13.2. The number of nitrogens with one attached hydrogen (secondary N) is 1. The number of amides is 1. The maximum Gasteiger partial charge on any atom is 0.349 e. The molecular weight excluding hydrogens is 446 g/mol. The van der Waals surface area contributed by atoms with Crippen LogP contribution in [0.5, 0.6) is 5.75 Å². The van der Waals surface area contributed by atoms with Crippen molar-refractivity contribution in [1.82, 2.24) is 14.9 Å². The predicted molar refractivity (Wildman–Crippen MR) is 134 cm³/mol. The highest BCUT2D eigenvalue weighted by Gasteiger charge is 2.26. The Hall–Kier alpha value is -3.62. The summed E-state index contributed by atoms with van der Waals surface area (Å²) in [5.74, 6) is 1.68. The minimum atomic E-state index is -0.653. The molecule has 1 amide bonds. The number of piperazine rings is 1. The molecule has 0 unspecified atom stereocenters. The number of hydrogen-bond acceptors (Lipinski definition) is 8. The minimum absolute atomic E-state index is 0.0380. The van der Waals surface area contributed by atoms with E-state index in [2.05, 4.69) is 15.2 Å². The fraction of sp³-hybridized carbons (Fsp3) is 0.462. The molecule has 35 heavy (non-hydrogen) atoms. The van der Waals surface area contributed by atoms with Gasteiger partial charge in [0.2, 0.25) is 5.95 Å². The zero-order valence-electron chi connectivity index (χ0n) is 20.2. The van der Waals surface area contributed by atoms with Gasteiger partial charge in [0.15, 0.2) is 11.3 Å². The van der Waals surface area contributed by atoms with Crippen molar-refractivity contribution in [1.29, 1.82) is 0 Å². The topological polar surface area (TPSA) is 101 Å². The number of fused-ring (bicyclic) bond motifs is 1. The van der Waals surface area contributed by atoms with E-state index in [1.807, 2.05) is 13.0 Å². The number of aromatic nitrogens is 2. The van der Waals surface area contributed by atoms with Crippen molar-refractivity contribution in [2.24, 2.45) is 0 Å². The number of carbonyl (C=O) groups excluding carboxylic acids is 1. The van der Waals surface area contributed by atoms with Crippen molar-refractivity contribution in [3.8, 4) is 5.75 Å². The molecule has 184 valence electrons. The standard InChI is InChI=1S/C26H31N5O4/c1-17-15-22(29-26(27-17)28-19-8-4-3-5-9-19)30-11-13-31(14-12-30)24(32)20-16-18-7-6-10-21(34-2)23(18)35-25(20)33/h6-7,10,15-16,19H,3-5,8-9,11-14H2,1-2H3,(H,27,28,29). The zero-order valence-corrected chi connectivity index (χ0v) is 20.2. The van der Waals surface area contributed by atoms with Crippen LogP contribution in [-0.2, 0) is 0 Å². The zero-order chi connectivity index (χ0) is 24.4. The molecule has 2 aliphatic rings. The summed E-state index contributed by atoms with van der Waals surface area (Å²) in [6.07, 6.45) is 6.10. The van der Waals surface area contributed by atoms with Crippen LogP contribution in [0, 0.1) is 6.92 Å². The van der Waals surface area contributed by atoms with Gasteiger partial charge >= 0.3 is 5.63 Å². The second-order valence-corrected chi connectivity index (χ2v) is 9.28. The van der Waals surface area contributed by atoms with E-state index >= 15 is 0 Å². The van der Waals surface area contributed by atoms with Crippen LogP contribution in [0.3, 0.4) is 0 Å². The van der Waals surface area contributed by atoms with Gasteiger partial charge in [-0.3, -0.25) is 4.79 Å². The Morgan fingerprint density at radius 1 is 1.09 bits per heavy atom. The minimum Gasteiger partial charge on any atom is -0.493 e. The normalized spacial score (nSPS) is 17.0. The molecule has 1 aromatic carbocycles. The Morgan fingerprint density at radius 3 is 2.60 bits per heavy atom. The van der Waals surface area contributed by atoms with Crippen molar-refractivity contribution in [2.45, 2.75) is 45.1 Å². The van der Waals surface area contributed by atoms with Crippen LogP contribution in [0.1, 0.15) is 48.2 Å². The molecular formula is C26H31N5O4. The lowest BCUT2D eigenvalue weighted by Gasteiger charge is -2.35. The first-order valence-electron chi connectivity index (χ1n) is 12.3. The first kappa shape index (κ1) is 23.1. The van der Waals surface area contributed by atoms with E-state index in [-0.39, 0.29) is 11.5 Å². The van der Waals surface area contributed by atoms with Crippen LogP contribution >= 0.6 is 0 Å². The SMILES string of the molecule is COc1cccc2cc(C(=O)N3CCN(c4cc(C)nc(NC5CCCCC5)n4)CC3)c(=O)oc12. The van der Waals surface area contributed by atoms with Crippen LogP contribution < -0.4 is 20.6 Å². The van der Waals surface area contributed by atoms with E-state index in [1.54, 1.807) is 29.2 Å². The number of carbonyl (C=O) groups is 1. The highest BCUT2D eigenvalue weighted by molar-refractivity contribution is 5.97. The van der Waals surface area contributed by atoms with Crippen molar-refractivity contribution in [3.05, 3.63) is 52.0 Å². The van der Waals surface area contributed by atoms with Gasteiger partial charge in [-0.1, -0.05) is 31.4 Å². The smallest absolute Gasteiger partial charge is 0.349 e. The maximum atomic E-state index is 13.2. The lowest BCUT2D eigenvalue weighted by molar-refractivity contribution is 0.0742. The van der Waals surface area contributed by atoms with E-state index in [4.69, 9.17) is 14.1 Å². The molecule has 3 aromatic rings. The van der Waals surface area contributed by atoms with Crippen LogP contribution in [-0.4, -0.2) is 60.1 Å². The largest absolute Gasteiger partial charge is 0.493 e. The Kier molecular flexibility index (Phi) is 6.57. The Morgan fingerprint density at radius 2 is 1.86 bits per heavy atom. The summed E-state index contributed by atoms with van der Waals surface area (Å²) in [7, 11) is 1.52. The van der Waals surface area contributed by atoms with Gasteiger partial charge in [-0.2, -0.15) is 4.98 Å². The summed E-state index contributed by atoms with van der Waals surface area (Å²) < 4.78 is 10.7. The molecule has 5 rings (SSSR count). The molecule has 2 aromatic heterocycles. The number of benzene rings is 1. The number of hydrogen-bond donors (Lipinski definition) is 1. The van der Waals surface area contributed by atoms with Gasteiger partial charge in [-0.05, 0) is 31.9 Å². The first-order chi connectivity index (χ1) is 17.0. The second kappa shape index (κ2) is 9.93. The lowest BCUT2D eigenvalue weighted by Crippen LogP contribution is -2.49. The van der Waals surface area contributed by atoms with Gasteiger partial charge in [0.05, 0.1) is 7.11 Å². The Bertz CT molecular complexity index is 1280. The monoisotopic (exact) mass is 477 g/mol. The van der Waals surface area contributed by atoms with Gasteiger partial charge in [0, 0.05) is 49.4 Å². The van der Waals surface area contributed by atoms with Gasteiger partial charge < -0.3 is 24.3 Å². The highest BCUT2D eigenvalue weighted by atomic mass is 16.5. The van der Waals surface area contributed by atoms with Crippen molar-refractivity contribution < 1.29 is 13.9 Å². The number of para-hydroxylation sites is 1. The van der Waals surface area contributed by atoms with E-state index < -0.39 is 5.63 Å². The third kappa shape index (κ3) is 4.94. The molecule has 2 fully saturated rings. The molecule has 0 spiro atoms. The molecule has 1 N–H and O–H groups in total. The van der Waals surface area contributed by atoms with Crippen molar-refractivity contribution >= 4 is 28.6 Å². The summed E-state index contributed by atoms with van der Waals surface area (Å²) in [5, 5.41) is 4.16. The number of ether oxygens (including phenoxy) is 1. The molecule has 1 aliphatic heterocycles. The van der Waals surface area contributed by atoms with Crippen LogP contribution in [0.25, 0.3) is 11.0 Å². The summed E-state index contributed by atoms with van der Waals surface area (Å²) >= 11 is 0. The highest BCUT2D eigenvalue weighted by Crippen LogP contribution is 2.26. The number of rotatable bonds is 5. The third-order valence-corrected chi connectivity index (χ3v) is 6.84. The predicted octanol–water partition coefficient (Wildman–Crippen LogP) is 3.61. The van der Waals surface area contributed by atoms with Crippen molar-refractivity contribution in [2.75, 3.05) is 43.5 Å². The quantitative estimate of drug-likeness (QED) is 0.556. The van der Waals surface area contributed by atoms with E-state index in [0.29, 0.717) is 54.9 Å². The van der Waals surface area contributed by atoms with Crippen molar-refractivity contribution in [3.63, 3.8) is 0 Å². The third-order valence-electron chi connectivity index (χ3n) is 6.84. The van der Waals surface area contributed by atoms with Crippen LogP contribution in [0.4, 0.5) is 11.8 Å². The van der Waals surface area contributed by atoms with E-state index in [9.17, 15) is 9.59 Å². The van der Waals surface area contributed by atoms with Gasteiger partial charge in [0.1, 0.15) is 11.4 Å². The molecule has 1 saturated carbocycles. The summed E-state index contributed by atoms with van der Waals surface area (Å²) in [4.78, 5) is 39.0. The molecule has 0 atom stereocenters. The number of methoxy groups -OCH3 is 1. The van der Waals surface area contributed by atoms with E-state index in [0.717, 1.165) is 24.4 Å². The average Bonchev–Trinajstić information content (AvgIpc) is 2.88. The van der Waals surface area contributed by atoms with Gasteiger partial charge in [-0.25, -0.2) is 9.78 Å². The fourth-order valence-electron chi connectivity index (χ4n) is 4.94. The molecule has 9 nitrogen and oxygen atoms in total. The molecule has 3 heterocycles. The summed E-state index contributed by atoms with van der Waals surface area (Å²) in [6.45, 7) is 4.20. The van der Waals surface area contributed by atoms with Crippen LogP contribution in [0.2, 0.25) is 0 Å². The van der Waals surface area contributed by atoms with E-state index in [1.165, 1.54) is 26.4 Å². The van der Waals surface area contributed by atoms with Gasteiger partial charge in [0.25, 0.3) is 5.91 Å².